The van der Waals surface area contributed by atoms with Crippen LogP contribution in [0.5, 0.6) is 0 Å². The number of carbonyl (C=O) groups is 2. The molecule has 0 radical (unpaired) electrons. The molecule has 0 bridgehead atoms. The third-order valence-corrected chi connectivity index (χ3v) is 3.55. The van der Waals surface area contributed by atoms with Crippen molar-refractivity contribution in [3.05, 3.63) is 28.2 Å². The highest BCUT2D eigenvalue weighted by atomic mass is 32.1. The van der Waals surface area contributed by atoms with Crippen LogP contribution in [0.25, 0.3) is 0 Å². The monoisotopic (exact) mass is 267 g/mol. The van der Waals surface area contributed by atoms with Crippen molar-refractivity contribution in [3.8, 4) is 0 Å². The Hall–Kier alpha value is -1.73. The van der Waals surface area contributed by atoms with Crippen molar-refractivity contribution in [3.63, 3.8) is 0 Å². The van der Waals surface area contributed by atoms with Gasteiger partial charge in [0.25, 0.3) is 5.91 Å². The zero-order valence-electron chi connectivity index (χ0n) is 9.50. The van der Waals surface area contributed by atoms with E-state index in [1.807, 2.05) is 0 Å². The van der Waals surface area contributed by atoms with Crippen LogP contribution in [-0.4, -0.2) is 28.0 Å². The van der Waals surface area contributed by atoms with Crippen LogP contribution in [0, 0.1) is 5.92 Å². The van der Waals surface area contributed by atoms with E-state index < -0.39 is 11.9 Å². The zero-order valence-corrected chi connectivity index (χ0v) is 10.3. The van der Waals surface area contributed by atoms with Crippen molar-refractivity contribution in [2.24, 2.45) is 11.7 Å². The third-order valence-electron chi connectivity index (χ3n) is 2.68. The van der Waals surface area contributed by atoms with E-state index in [4.69, 9.17) is 10.8 Å². The first-order valence-corrected chi connectivity index (χ1v) is 6.34. The van der Waals surface area contributed by atoms with E-state index >= 15 is 0 Å². The smallest absolute Gasteiger partial charge is 0.310 e. The number of carboxylic acids is 1. The molecule has 1 aromatic heterocycles. The summed E-state index contributed by atoms with van der Waals surface area (Å²) < 4.78 is 0. The number of aromatic nitrogens is 1. The van der Waals surface area contributed by atoms with Gasteiger partial charge in [0.1, 0.15) is 10.7 Å². The van der Waals surface area contributed by atoms with Crippen molar-refractivity contribution in [2.45, 2.75) is 19.0 Å². The van der Waals surface area contributed by atoms with Gasteiger partial charge in [-0.1, -0.05) is 12.2 Å². The lowest BCUT2D eigenvalue weighted by atomic mass is 10.1. The van der Waals surface area contributed by atoms with E-state index in [-0.39, 0.29) is 11.9 Å². The maximum absolute atomic E-state index is 11.8. The number of aliphatic carboxylic acids is 1. The van der Waals surface area contributed by atoms with Gasteiger partial charge in [-0.15, -0.1) is 11.3 Å². The number of rotatable bonds is 4. The average molecular weight is 267 g/mol. The molecular weight excluding hydrogens is 254 g/mol. The van der Waals surface area contributed by atoms with E-state index in [0.29, 0.717) is 23.7 Å². The largest absolute Gasteiger partial charge is 0.481 e. The summed E-state index contributed by atoms with van der Waals surface area (Å²) in [4.78, 5) is 26.6. The Balaban J connectivity index is 1.93. The maximum atomic E-state index is 11.8. The number of carboxylic acid groups (broad SMARTS) is 1. The predicted molar refractivity (Wildman–Crippen MR) is 66.1 cm³/mol. The summed E-state index contributed by atoms with van der Waals surface area (Å²) in [5.74, 6) is -1.70. The van der Waals surface area contributed by atoms with Crippen LogP contribution in [0.2, 0.25) is 0 Å². The molecule has 0 spiro atoms. The molecule has 0 fully saturated rings. The topological polar surface area (TPSA) is 105 Å². The summed E-state index contributed by atoms with van der Waals surface area (Å²) in [6.45, 7) is 0.308. The lowest BCUT2D eigenvalue weighted by Gasteiger charge is -2.10. The summed E-state index contributed by atoms with van der Waals surface area (Å²) in [7, 11) is 0. The summed E-state index contributed by atoms with van der Waals surface area (Å²) in [5, 5.41) is 13.9. The standard InChI is InChI=1S/C11H13N3O3S/c12-4-9-14-8(5-18-9)10(15)13-7-2-1-6(3-7)11(16)17/h1-2,5-7H,3-4,12H2,(H,13,15)(H,16,17). The quantitative estimate of drug-likeness (QED) is 0.683. The van der Waals surface area contributed by atoms with Gasteiger partial charge in [-0.3, -0.25) is 9.59 Å². The number of amides is 1. The fourth-order valence-electron chi connectivity index (χ4n) is 1.74. The molecule has 2 unspecified atom stereocenters. The Kier molecular flexibility index (Phi) is 3.73. The number of thiazole rings is 1. The molecule has 1 amide bonds. The minimum Gasteiger partial charge on any atom is -0.481 e. The van der Waals surface area contributed by atoms with Gasteiger partial charge in [0.05, 0.1) is 5.92 Å². The van der Waals surface area contributed by atoms with Crippen LogP contribution in [0.3, 0.4) is 0 Å². The van der Waals surface area contributed by atoms with Gasteiger partial charge in [-0.25, -0.2) is 4.98 Å². The van der Waals surface area contributed by atoms with Crippen LogP contribution < -0.4 is 11.1 Å². The highest BCUT2D eigenvalue weighted by Crippen LogP contribution is 2.18. The summed E-state index contributed by atoms with van der Waals surface area (Å²) in [6, 6.07) is -0.248. The molecule has 2 atom stereocenters. The number of carbonyl (C=O) groups excluding carboxylic acids is 1. The number of nitrogens with two attached hydrogens (primary N) is 1. The molecule has 2 rings (SSSR count). The minimum absolute atomic E-state index is 0.248. The zero-order chi connectivity index (χ0) is 13.1. The molecule has 4 N–H and O–H groups in total. The van der Waals surface area contributed by atoms with E-state index in [1.165, 1.54) is 11.3 Å². The number of nitrogens with one attached hydrogen (secondary N) is 1. The van der Waals surface area contributed by atoms with Crippen molar-refractivity contribution < 1.29 is 14.7 Å². The Morgan fingerprint density at radius 3 is 2.89 bits per heavy atom. The Morgan fingerprint density at radius 1 is 1.56 bits per heavy atom. The van der Waals surface area contributed by atoms with Crippen LogP contribution >= 0.6 is 11.3 Å². The van der Waals surface area contributed by atoms with Crippen molar-refractivity contribution in [2.75, 3.05) is 0 Å². The Morgan fingerprint density at radius 2 is 2.33 bits per heavy atom. The van der Waals surface area contributed by atoms with Gasteiger partial charge in [-0.05, 0) is 6.42 Å². The molecule has 6 nitrogen and oxygen atoms in total. The van der Waals surface area contributed by atoms with Crippen molar-refractivity contribution in [1.82, 2.24) is 10.3 Å². The first-order chi connectivity index (χ1) is 8.60. The second-order valence-corrected chi connectivity index (χ2v) is 4.92. The number of hydrogen-bond donors (Lipinski definition) is 3. The molecule has 0 saturated heterocycles. The van der Waals surface area contributed by atoms with Gasteiger partial charge in [0, 0.05) is 18.0 Å². The van der Waals surface area contributed by atoms with Crippen LogP contribution in [0.1, 0.15) is 21.9 Å². The molecule has 1 aromatic rings. The lowest BCUT2D eigenvalue weighted by molar-refractivity contribution is -0.140. The SMILES string of the molecule is NCc1nc(C(=O)NC2C=CC(C(=O)O)C2)cs1. The Labute approximate surface area is 108 Å². The predicted octanol–water partition coefficient (Wildman–Crippen LogP) is 0.361. The first-order valence-electron chi connectivity index (χ1n) is 5.46. The van der Waals surface area contributed by atoms with E-state index in [0.717, 1.165) is 0 Å². The highest BCUT2D eigenvalue weighted by Gasteiger charge is 2.26. The molecule has 7 heteroatoms. The second-order valence-electron chi connectivity index (χ2n) is 3.98. The number of nitrogens with zero attached hydrogens (tertiary/aromatic N) is 1. The van der Waals surface area contributed by atoms with Gasteiger partial charge in [0.15, 0.2) is 0 Å². The first kappa shape index (κ1) is 12.7. The molecule has 18 heavy (non-hydrogen) atoms. The van der Waals surface area contributed by atoms with E-state index in [1.54, 1.807) is 17.5 Å². The minimum atomic E-state index is -0.873. The molecule has 0 saturated carbocycles. The summed E-state index contributed by atoms with van der Waals surface area (Å²) >= 11 is 1.33. The molecule has 0 aromatic carbocycles. The lowest BCUT2D eigenvalue weighted by Crippen LogP contribution is -2.33. The fraction of sp³-hybridized carbons (Fsp3) is 0.364. The molecule has 1 heterocycles. The molecular formula is C11H13N3O3S. The van der Waals surface area contributed by atoms with E-state index in [9.17, 15) is 9.59 Å². The summed E-state index contributed by atoms with van der Waals surface area (Å²) in [6.07, 6.45) is 3.68. The third kappa shape index (κ3) is 2.74. The molecule has 1 aliphatic rings. The van der Waals surface area contributed by atoms with Crippen LogP contribution in [0.15, 0.2) is 17.5 Å². The second kappa shape index (κ2) is 5.28. The van der Waals surface area contributed by atoms with Crippen LogP contribution in [-0.2, 0) is 11.3 Å². The van der Waals surface area contributed by atoms with Gasteiger partial charge >= 0.3 is 5.97 Å². The normalized spacial score (nSPS) is 22.1. The fourth-order valence-corrected chi connectivity index (χ4v) is 2.40. The van der Waals surface area contributed by atoms with Gasteiger partial charge in [-0.2, -0.15) is 0 Å². The molecule has 1 aliphatic carbocycles. The average Bonchev–Trinajstić information content (AvgIpc) is 2.96. The summed E-state index contributed by atoms with van der Waals surface area (Å²) in [5.41, 5.74) is 5.74. The number of hydrogen-bond acceptors (Lipinski definition) is 5. The van der Waals surface area contributed by atoms with Crippen molar-refractivity contribution in [1.29, 1.82) is 0 Å². The molecule has 0 aliphatic heterocycles. The van der Waals surface area contributed by atoms with Crippen molar-refractivity contribution >= 4 is 23.2 Å². The van der Waals surface area contributed by atoms with Gasteiger partial charge < -0.3 is 16.2 Å². The molecule has 96 valence electrons. The van der Waals surface area contributed by atoms with Crippen LogP contribution in [0.4, 0.5) is 0 Å². The Bertz CT molecular complexity index is 497. The maximum Gasteiger partial charge on any atom is 0.310 e. The highest BCUT2D eigenvalue weighted by molar-refractivity contribution is 7.09. The van der Waals surface area contributed by atoms with Gasteiger partial charge in [0.2, 0.25) is 0 Å². The van der Waals surface area contributed by atoms with E-state index in [2.05, 4.69) is 10.3 Å².